The SMILES string of the molecule is CC(C)c1nc2c(cc1C#N)CCCC2. The number of aryl methyl sites for hydroxylation is 2. The Bertz CT molecular complexity index is 413. The van der Waals surface area contributed by atoms with Gasteiger partial charge in [-0.05, 0) is 43.2 Å². The second-order valence-corrected chi connectivity index (χ2v) is 4.50. The standard InChI is InChI=1S/C13H16N2/c1-9(2)13-11(8-14)7-10-5-3-4-6-12(10)15-13/h7,9H,3-6H2,1-2H3. The molecule has 1 aliphatic rings. The van der Waals surface area contributed by atoms with E-state index in [1.54, 1.807) is 0 Å². The molecule has 0 saturated carbocycles. The fourth-order valence-corrected chi connectivity index (χ4v) is 2.18. The van der Waals surface area contributed by atoms with Gasteiger partial charge in [0.15, 0.2) is 0 Å². The van der Waals surface area contributed by atoms with E-state index in [9.17, 15) is 0 Å². The number of hydrogen-bond donors (Lipinski definition) is 0. The summed E-state index contributed by atoms with van der Waals surface area (Å²) in [5, 5.41) is 9.08. The topological polar surface area (TPSA) is 36.7 Å². The van der Waals surface area contributed by atoms with Gasteiger partial charge >= 0.3 is 0 Å². The highest BCUT2D eigenvalue weighted by Gasteiger charge is 2.16. The Balaban J connectivity index is 2.52. The third kappa shape index (κ3) is 1.87. The van der Waals surface area contributed by atoms with Crippen LogP contribution in [0.4, 0.5) is 0 Å². The lowest BCUT2D eigenvalue weighted by Gasteiger charge is -2.17. The van der Waals surface area contributed by atoms with Gasteiger partial charge in [-0.2, -0.15) is 5.26 Å². The minimum absolute atomic E-state index is 0.340. The summed E-state index contributed by atoms with van der Waals surface area (Å²) in [6.07, 6.45) is 4.65. The zero-order valence-corrected chi connectivity index (χ0v) is 9.38. The molecule has 0 radical (unpaired) electrons. The second-order valence-electron chi connectivity index (χ2n) is 4.50. The minimum Gasteiger partial charge on any atom is -0.256 e. The molecule has 0 aromatic carbocycles. The van der Waals surface area contributed by atoms with Crippen LogP contribution in [0.25, 0.3) is 0 Å². The van der Waals surface area contributed by atoms with Gasteiger partial charge in [0.05, 0.1) is 11.3 Å². The lowest BCUT2D eigenvalue weighted by atomic mass is 9.92. The van der Waals surface area contributed by atoms with Crippen LogP contribution in [0.15, 0.2) is 6.07 Å². The molecule has 78 valence electrons. The Labute approximate surface area is 91.0 Å². The average molecular weight is 200 g/mol. The predicted octanol–water partition coefficient (Wildman–Crippen LogP) is 2.96. The van der Waals surface area contributed by atoms with E-state index in [1.165, 1.54) is 24.1 Å². The number of hydrogen-bond acceptors (Lipinski definition) is 2. The molecule has 0 spiro atoms. The number of aromatic nitrogens is 1. The number of nitrogens with zero attached hydrogens (tertiary/aromatic N) is 2. The molecule has 0 aliphatic heterocycles. The van der Waals surface area contributed by atoms with Gasteiger partial charge in [0.2, 0.25) is 0 Å². The van der Waals surface area contributed by atoms with Crippen LogP contribution >= 0.6 is 0 Å². The molecule has 0 fully saturated rings. The van der Waals surface area contributed by atoms with E-state index in [-0.39, 0.29) is 0 Å². The monoisotopic (exact) mass is 200 g/mol. The van der Waals surface area contributed by atoms with Crippen molar-refractivity contribution in [2.45, 2.75) is 45.4 Å². The van der Waals surface area contributed by atoms with Gasteiger partial charge in [-0.15, -0.1) is 0 Å². The van der Waals surface area contributed by atoms with Gasteiger partial charge in [0.25, 0.3) is 0 Å². The number of fused-ring (bicyclic) bond motifs is 1. The first-order valence-corrected chi connectivity index (χ1v) is 5.65. The molecule has 2 rings (SSSR count). The first kappa shape index (κ1) is 10.2. The molecular formula is C13H16N2. The van der Waals surface area contributed by atoms with Gasteiger partial charge in [-0.25, -0.2) is 0 Å². The van der Waals surface area contributed by atoms with Crippen molar-refractivity contribution in [3.63, 3.8) is 0 Å². The van der Waals surface area contributed by atoms with E-state index in [0.29, 0.717) is 5.92 Å². The van der Waals surface area contributed by atoms with Gasteiger partial charge < -0.3 is 0 Å². The zero-order valence-electron chi connectivity index (χ0n) is 9.38. The second kappa shape index (κ2) is 4.02. The quantitative estimate of drug-likeness (QED) is 0.698. The Morgan fingerprint density at radius 3 is 2.73 bits per heavy atom. The first-order valence-electron chi connectivity index (χ1n) is 5.65. The Hall–Kier alpha value is -1.36. The summed E-state index contributed by atoms with van der Waals surface area (Å²) >= 11 is 0. The van der Waals surface area contributed by atoms with Gasteiger partial charge in [0.1, 0.15) is 6.07 Å². The van der Waals surface area contributed by atoms with Crippen LogP contribution < -0.4 is 0 Å². The van der Waals surface area contributed by atoms with Crippen molar-refractivity contribution in [3.05, 3.63) is 28.6 Å². The molecule has 15 heavy (non-hydrogen) atoms. The summed E-state index contributed by atoms with van der Waals surface area (Å²) in [4.78, 5) is 4.66. The summed E-state index contributed by atoms with van der Waals surface area (Å²) in [5.41, 5.74) is 4.26. The van der Waals surface area contributed by atoms with Crippen molar-refractivity contribution in [1.29, 1.82) is 5.26 Å². The van der Waals surface area contributed by atoms with E-state index in [0.717, 1.165) is 24.1 Å². The summed E-state index contributed by atoms with van der Waals surface area (Å²) in [7, 11) is 0. The smallest absolute Gasteiger partial charge is 0.101 e. The minimum atomic E-state index is 0.340. The van der Waals surface area contributed by atoms with Crippen molar-refractivity contribution in [1.82, 2.24) is 4.98 Å². The summed E-state index contributed by atoms with van der Waals surface area (Å²) < 4.78 is 0. The molecule has 0 N–H and O–H groups in total. The fraction of sp³-hybridized carbons (Fsp3) is 0.538. The number of nitriles is 1. The van der Waals surface area contributed by atoms with Crippen molar-refractivity contribution in [2.75, 3.05) is 0 Å². The van der Waals surface area contributed by atoms with Crippen molar-refractivity contribution in [3.8, 4) is 6.07 Å². The van der Waals surface area contributed by atoms with Crippen LogP contribution in [-0.4, -0.2) is 4.98 Å². The predicted molar refractivity (Wildman–Crippen MR) is 59.7 cm³/mol. The number of pyridine rings is 1. The van der Waals surface area contributed by atoms with Crippen LogP contribution in [0.2, 0.25) is 0 Å². The molecule has 2 nitrogen and oxygen atoms in total. The molecule has 0 bridgehead atoms. The van der Waals surface area contributed by atoms with E-state index in [1.807, 2.05) is 0 Å². The molecular weight excluding hydrogens is 184 g/mol. The third-order valence-corrected chi connectivity index (χ3v) is 3.00. The molecule has 0 amide bonds. The van der Waals surface area contributed by atoms with Gasteiger partial charge in [-0.1, -0.05) is 13.8 Å². The molecule has 0 unspecified atom stereocenters. The fourth-order valence-electron chi connectivity index (χ4n) is 2.18. The normalized spacial score (nSPS) is 14.8. The maximum atomic E-state index is 9.08. The Morgan fingerprint density at radius 2 is 2.07 bits per heavy atom. The van der Waals surface area contributed by atoms with E-state index in [4.69, 9.17) is 5.26 Å². The van der Waals surface area contributed by atoms with E-state index >= 15 is 0 Å². The average Bonchev–Trinajstić information content (AvgIpc) is 2.27. The zero-order chi connectivity index (χ0) is 10.8. The van der Waals surface area contributed by atoms with Gasteiger partial charge in [0, 0.05) is 5.69 Å². The Kier molecular flexibility index (Phi) is 2.73. The van der Waals surface area contributed by atoms with Crippen molar-refractivity contribution in [2.24, 2.45) is 0 Å². The van der Waals surface area contributed by atoms with Crippen molar-refractivity contribution < 1.29 is 0 Å². The molecule has 0 saturated heterocycles. The molecule has 1 aliphatic carbocycles. The van der Waals surface area contributed by atoms with Crippen LogP contribution in [0, 0.1) is 11.3 Å². The molecule has 0 atom stereocenters. The summed E-state index contributed by atoms with van der Waals surface area (Å²) in [5.74, 6) is 0.340. The maximum absolute atomic E-state index is 9.08. The lowest BCUT2D eigenvalue weighted by Crippen LogP contribution is -2.09. The first-order chi connectivity index (χ1) is 7.22. The van der Waals surface area contributed by atoms with Gasteiger partial charge in [-0.3, -0.25) is 4.98 Å². The highest BCUT2D eigenvalue weighted by molar-refractivity contribution is 5.41. The molecule has 2 heteroatoms. The van der Waals surface area contributed by atoms with Crippen LogP contribution in [-0.2, 0) is 12.8 Å². The largest absolute Gasteiger partial charge is 0.256 e. The number of rotatable bonds is 1. The maximum Gasteiger partial charge on any atom is 0.101 e. The highest BCUT2D eigenvalue weighted by atomic mass is 14.7. The lowest BCUT2D eigenvalue weighted by molar-refractivity contribution is 0.656. The highest BCUT2D eigenvalue weighted by Crippen LogP contribution is 2.25. The van der Waals surface area contributed by atoms with Crippen LogP contribution in [0.3, 0.4) is 0 Å². The van der Waals surface area contributed by atoms with E-state index in [2.05, 4.69) is 31.0 Å². The summed E-state index contributed by atoms with van der Waals surface area (Å²) in [6.45, 7) is 4.19. The molecule has 1 aromatic heterocycles. The Morgan fingerprint density at radius 1 is 1.33 bits per heavy atom. The molecule has 1 heterocycles. The van der Waals surface area contributed by atoms with E-state index < -0.39 is 0 Å². The molecule has 1 aromatic rings. The van der Waals surface area contributed by atoms with Crippen molar-refractivity contribution >= 4 is 0 Å². The third-order valence-electron chi connectivity index (χ3n) is 3.00. The van der Waals surface area contributed by atoms with Crippen LogP contribution in [0.1, 0.15) is 55.1 Å². The summed E-state index contributed by atoms with van der Waals surface area (Å²) in [6, 6.07) is 4.32. The van der Waals surface area contributed by atoms with Crippen LogP contribution in [0.5, 0.6) is 0 Å².